The fourth-order valence-electron chi connectivity index (χ4n) is 4.11. The molecule has 2 atom stereocenters. The lowest BCUT2D eigenvalue weighted by atomic mass is 9.97. The van der Waals surface area contributed by atoms with Gasteiger partial charge >= 0.3 is 0 Å². The predicted octanol–water partition coefficient (Wildman–Crippen LogP) is 2.09. The molecule has 2 aromatic rings. The number of aromatic nitrogens is 1. The summed E-state index contributed by atoms with van der Waals surface area (Å²) in [4.78, 5) is 45.8. The molecule has 2 saturated heterocycles. The maximum Gasteiger partial charge on any atom is 0.264 e. The number of hydrogen-bond acceptors (Lipinski definition) is 6. The zero-order chi connectivity index (χ0) is 21.1. The Labute approximate surface area is 179 Å². The van der Waals surface area contributed by atoms with Gasteiger partial charge in [-0.15, -0.1) is 11.3 Å². The summed E-state index contributed by atoms with van der Waals surface area (Å²) < 4.78 is 0. The van der Waals surface area contributed by atoms with Crippen LogP contribution >= 0.6 is 11.3 Å². The molecule has 0 saturated carbocycles. The molecule has 2 aromatic heterocycles. The molecule has 8 nitrogen and oxygen atoms in total. The van der Waals surface area contributed by atoms with E-state index in [1.165, 1.54) is 11.3 Å². The van der Waals surface area contributed by atoms with Crippen molar-refractivity contribution in [2.24, 2.45) is 11.7 Å². The van der Waals surface area contributed by atoms with Crippen molar-refractivity contribution in [1.82, 2.24) is 9.88 Å². The maximum atomic E-state index is 12.8. The van der Waals surface area contributed by atoms with Gasteiger partial charge in [0.1, 0.15) is 11.9 Å². The van der Waals surface area contributed by atoms with Crippen LogP contribution in [0.15, 0.2) is 35.8 Å². The molecule has 3 N–H and O–H groups in total. The van der Waals surface area contributed by atoms with Crippen molar-refractivity contribution in [2.45, 2.75) is 31.7 Å². The number of amides is 3. The van der Waals surface area contributed by atoms with Crippen molar-refractivity contribution in [1.29, 1.82) is 0 Å². The number of rotatable bonds is 5. The summed E-state index contributed by atoms with van der Waals surface area (Å²) in [6.07, 6.45) is 4.77. The number of nitrogens with one attached hydrogen (secondary N) is 1. The molecule has 2 aliphatic heterocycles. The number of likely N-dealkylation sites (tertiary alicyclic amines) is 1. The highest BCUT2D eigenvalue weighted by Crippen LogP contribution is 2.25. The first-order valence-electron chi connectivity index (χ1n) is 10.2. The maximum absolute atomic E-state index is 12.8. The van der Waals surface area contributed by atoms with Gasteiger partial charge in [0.05, 0.1) is 22.7 Å². The Bertz CT molecular complexity index is 915. The fraction of sp³-hybridized carbons (Fsp3) is 0.429. The summed E-state index contributed by atoms with van der Waals surface area (Å²) >= 11 is 1.39. The van der Waals surface area contributed by atoms with Crippen molar-refractivity contribution >= 4 is 40.6 Å². The normalized spacial score (nSPS) is 21.5. The van der Waals surface area contributed by atoms with Gasteiger partial charge in [-0.05, 0) is 49.3 Å². The summed E-state index contributed by atoms with van der Waals surface area (Å²) in [6, 6.07) is 6.78. The monoisotopic (exact) mass is 427 g/mol. The van der Waals surface area contributed by atoms with Crippen LogP contribution in [0, 0.1) is 5.92 Å². The van der Waals surface area contributed by atoms with Crippen molar-refractivity contribution in [3.8, 4) is 0 Å². The Balaban J connectivity index is 1.39. The number of hydrogen-bond donors (Lipinski definition) is 2. The first-order valence-corrected chi connectivity index (χ1v) is 11.1. The van der Waals surface area contributed by atoms with Gasteiger partial charge in [-0.1, -0.05) is 6.07 Å². The molecule has 3 amide bonds. The molecular weight excluding hydrogens is 402 g/mol. The standard InChI is InChI=1S/C21H25N5O3S/c22-19(27)14-4-1-9-25(13-14)18-8-7-15(12-23-18)24-20(28)16-5-2-10-26(16)21(29)17-6-3-11-30-17/h3,6-8,11-12,14,16H,1-2,4-5,9-10,13H2,(H2,22,27)(H,24,28)/t14?,16-/m0/s1. The third kappa shape index (κ3) is 4.30. The number of piperidine rings is 1. The van der Waals surface area contributed by atoms with Crippen LogP contribution in [0.5, 0.6) is 0 Å². The van der Waals surface area contributed by atoms with Gasteiger partial charge in [-0.25, -0.2) is 4.98 Å². The highest BCUT2D eigenvalue weighted by atomic mass is 32.1. The number of primary amides is 1. The second-order valence-corrected chi connectivity index (χ2v) is 8.66. The van der Waals surface area contributed by atoms with Crippen LogP contribution in [0.4, 0.5) is 11.5 Å². The summed E-state index contributed by atoms with van der Waals surface area (Å²) in [5, 5.41) is 4.75. The zero-order valence-corrected chi connectivity index (χ0v) is 17.4. The fourth-order valence-corrected chi connectivity index (χ4v) is 4.79. The van der Waals surface area contributed by atoms with Crippen LogP contribution in [0.1, 0.15) is 35.4 Å². The second kappa shape index (κ2) is 8.83. The average molecular weight is 428 g/mol. The minimum atomic E-state index is -0.474. The molecule has 158 valence electrons. The first-order chi connectivity index (χ1) is 14.5. The van der Waals surface area contributed by atoms with Gasteiger partial charge in [-0.2, -0.15) is 0 Å². The van der Waals surface area contributed by atoms with E-state index in [1.54, 1.807) is 23.2 Å². The van der Waals surface area contributed by atoms with Crippen molar-refractivity contribution < 1.29 is 14.4 Å². The van der Waals surface area contributed by atoms with Crippen LogP contribution in [-0.2, 0) is 9.59 Å². The predicted molar refractivity (Wildman–Crippen MR) is 115 cm³/mol. The van der Waals surface area contributed by atoms with E-state index in [2.05, 4.69) is 10.3 Å². The number of anilines is 2. The average Bonchev–Trinajstić information content (AvgIpc) is 3.46. The topological polar surface area (TPSA) is 109 Å². The molecule has 0 radical (unpaired) electrons. The molecule has 0 spiro atoms. The largest absolute Gasteiger partial charge is 0.369 e. The second-order valence-electron chi connectivity index (χ2n) is 7.72. The Morgan fingerprint density at radius 1 is 1.13 bits per heavy atom. The lowest BCUT2D eigenvalue weighted by Gasteiger charge is -2.32. The van der Waals surface area contributed by atoms with E-state index in [4.69, 9.17) is 5.73 Å². The molecule has 0 bridgehead atoms. The van der Waals surface area contributed by atoms with E-state index in [0.29, 0.717) is 30.1 Å². The van der Waals surface area contributed by atoms with Crippen LogP contribution < -0.4 is 16.0 Å². The molecule has 4 heterocycles. The smallest absolute Gasteiger partial charge is 0.264 e. The minimum absolute atomic E-state index is 0.0924. The highest BCUT2D eigenvalue weighted by molar-refractivity contribution is 7.12. The van der Waals surface area contributed by atoms with Gasteiger partial charge < -0.3 is 20.9 Å². The first kappa shape index (κ1) is 20.3. The molecule has 1 unspecified atom stereocenters. The van der Waals surface area contributed by atoms with E-state index >= 15 is 0 Å². The lowest BCUT2D eigenvalue weighted by Crippen LogP contribution is -2.43. The van der Waals surface area contributed by atoms with E-state index in [-0.39, 0.29) is 23.6 Å². The molecule has 0 aliphatic carbocycles. The zero-order valence-electron chi connectivity index (χ0n) is 16.6. The van der Waals surface area contributed by atoms with Gasteiger partial charge in [0.2, 0.25) is 11.8 Å². The Hall–Kier alpha value is -2.94. The van der Waals surface area contributed by atoms with Gasteiger partial charge in [0, 0.05) is 19.6 Å². The van der Waals surface area contributed by atoms with Crippen molar-refractivity contribution in [3.63, 3.8) is 0 Å². The van der Waals surface area contributed by atoms with E-state index in [0.717, 1.165) is 31.6 Å². The van der Waals surface area contributed by atoms with Crippen LogP contribution in [-0.4, -0.2) is 53.3 Å². The SMILES string of the molecule is NC(=O)C1CCCN(c2ccc(NC(=O)[C@@H]3CCCN3C(=O)c3cccs3)cn2)C1. The van der Waals surface area contributed by atoms with Crippen LogP contribution in [0.2, 0.25) is 0 Å². The summed E-state index contributed by atoms with van der Waals surface area (Å²) in [5.41, 5.74) is 6.03. The Morgan fingerprint density at radius 3 is 2.67 bits per heavy atom. The number of thiophene rings is 1. The molecule has 4 rings (SSSR count). The third-order valence-electron chi connectivity index (χ3n) is 5.71. The number of pyridine rings is 1. The van der Waals surface area contributed by atoms with Crippen molar-refractivity contribution in [2.75, 3.05) is 29.9 Å². The molecule has 2 aliphatic rings. The third-order valence-corrected chi connectivity index (χ3v) is 6.57. The molecule has 9 heteroatoms. The van der Waals surface area contributed by atoms with Gasteiger partial charge in [0.15, 0.2) is 0 Å². The van der Waals surface area contributed by atoms with Gasteiger partial charge in [-0.3, -0.25) is 14.4 Å². The van der Waals surface area contributed by atoms with E-state index in [1.807, 2.05) is 22.4 Å². The Morgan fingerprint density at radius 2 is 1.97 bits per heavy atom. The number of carbonyl (C=O) groups excluding carboxylic acids is 3. The molecular formula is C21H25N5O3S. The lowest BCUT2D eigenvalue weighted by molar-refractivity contribution is -0.122. The van der Waals surface area contributed by atoms with Crippen molar-refractivity contribution in [3.05, 3.63) is 40.7 Å². The minimum Gasteiger partial charge on any atom is -0.369 e. The highest BCUT2D eigenvalue weighted by Gasteiger charge is 2.35. The molecule has 30 heavy (non-hydrogen) atoms. The molecule has 2 fully saturated rings. The van der Waals surface area contributed by atoms with Crippen LogP contribution in [0.25, 0.3) is 0 Å². The Kier molecular flexibility index (Phi) is 5.98. The van der Waals surface area contributed by atoms with Gasteiger partial charge in [0.25, 0.3) is 5.91 Å². The van der Waals surface area contributed by atoms with E-state index < -0.39 is 6.04 Å². The quantitative estimate of drug-likeness (QED) is 0.760. The molecule has 0 aromatic carbocycles. The number of carbonyl (C=O) groups is 3. The van der Waals surface area contributed by atoms with E-state index in [9.17, 15) is 14.4 Å². The number of nitrogens with two attached hydrogens (primary N) is 1. The van der Waals surface area contributed by atoms with Crippen LogP contribution in [0.3, 0.4) is 0 Å². The number of nitrogens with zero attached hydrogens (tertiary/aromatic N) is 3. The summed E-state index contributed by atoms with van der Waals surface area (Å²) in [6.45, 7) is 1.97. The summed E-state index contributed by atoms with van der Waals surface area (Å²) in [5.74, 6) is 0.0363. The summed E-state index contributed by atoms with van der Waals surface area (Å²) in [7, 11) is 0.